The largest absolute Gasteiger partial charge is 0.480 e. The maximum Gasteiger partial charge on any atom is 0.321 e. The number of halogens is 1. The van der Waals surface area contributed by atoms with E-state index in [2.05, 4.69) is 0 Å². The topological polar surface area (TPSA) is 121 Å². The quantitative estimate of drug-likeness (QED) is 0.694. The zero-order valence-corrected chi connectivity index (χ0v) is 15.0. The lowest BCUT2D eigenvalue weighted by Gasteiger charge is -2.21. The van der Waals surface area contributed by atoms with Crippen molar-refractivity contribution in [3.63, 3.8) is 0 Å². The summed E-state index contributed by atoms with van der Waals surface area (Å²) in [5.74, 6) is -2.64. The maximum atomic E-state index is 14.0. The van der Waals surface area contributed by atoms with Crippen LogP contribution in [0.5, 0.6) is 0 Å². The first-order chi connectivity index (χ1) is 10.9. The fourth-order valence-corrected chi connectivity index (χ4v) is 4.23. The van der Waals surface area contributed by atoms with Gasteiger partial charge < -0.3 is 5.11 Å². The second-order valence-corrected chi connectivity index (χ2v) is 8.94. The van der Waals surface area contributed by atoms with Gasteiger partial charge in [-0.3, -0.25) is 9.52 Å². The number of likely N-dealkylation sites (N-methyl/N-ethyl adjacent to an activating group) is 1. The average molecular weight is 382 g/mol. The van der Waals surface area contributed by atoms with Crippen LogP contribution in [-0.4, -0.2) is 51.1 Å². The smallest absolute Gasteiger partial charge is 0.321 e. The molecule has 136 valence electrons. The molecule has 8 nitrogen and oxygen atoms in total. The van der Waals surface area contributed by atoms with Crippen molar-refractivity contribution < 1.29 is 31.1 Å². The van der Waals surface area contributed by atoms with Gasteiger partial charge in [0.25, 0.3) is 0 Å². The molecule has 0 bridgehead atoms. The normalized spacial score (nSPS) is 13.7. The lowest BCUT2D eigenvalue weighted by atomic mass is 10.3. The molecule has 1 rings (SSSR count). The Balaban J connectivity index is 3.17. The third-order valence-corrected chi connectivity index (χ3v) is 6.66. The summed E-state index contributed by atoms with van der Waals surface area (Å²) in [5, 5.41) is 8.88. The number of anilines is 1. The molecule has 0 spiro atoms. The molecular formula is C13H19FN2O6S2. The molecular weight excluding hydrogens is 363 g/mol. The highest BCUT2D eigenvalue weighted by molar-refractivity contribution is 7.92. The number of sulfonamides is 2. The Morgan fingerprint density at radius 2 is 1.92 bits per heavy atom. The summed E-state index contributed by atoms with van der Waals surface area (Å²) in [7, 11) is -6.91. The van der Waals surface area contributed by atoms with Crippen LogP contribution in [0.4, 0.5) is 10.1 Å². The third-order valence-electron chi connectivity index (χ3n) is 3.26. The zero-order valence-electron chi connectivity index (χ0n) is 13.4. The molecule has 1 unspecified atom stereocenters. The molecule has 0 amide bonds. The summed E-state index contributed by atoms with van der Waals surface area (Å²) < 4.78 is 64.5. The SMILES string of the molecule is CCCS(=O)(=O)Nc1ccc(S(=O)(=O)N(C)C(C)C(=O)O)cc1F. The van der Waals surface area contributed by atoms with Gasteiger partial charge in [-0.2, -0.15) is 4.31 Å². The van der Waals surface area contributed by atoms with E-state index in [0.29, 0.717) is 16.8 Å². The number of carboxylic acid groups (broad SMARTS) is 1. The number of aliphatic carboxylic acids is 1. The Hall–Kier alpha value is -1.72. The fraction of sp³-hybridized carbons (Fsp3) is 0.462. The highest BCUT2D eigenvalue weighted by Crippen LogP contribution is 2.23. The molecule has 1 aromatic rings. The van der Waals surface area contributed by atoms with Gasteiger partial charge in [0.1, 0.15) is 11.9 Å². The summed E-state index contributed by atoms with van der Waals surface area (Å²) in [6, 6.07) is 1.28. The lowest BCUT2D eigenvalue weighted by molar-refractivity contribution is -0.140. The number of nitrogens with one attached hydrogen (secondary N) is 1. The number of hydrogen-bond donors (Lipinski definition) is 2. The van der Waals surface area contributed by atoms with Crippen LogP contribution in [0.25, 0.3) is 0 Å². The summed E-state index contributed by atoms with van der Waals surface area (Å²) in [5.41, 5.74) is -0.378. The van der Waals surface area contributed by atoms with E-state index in [-0.39, 0.29) is 11.4 Å². The Morgan fingerprint density at radius 3 is 2.38 bits per heavy atom. The van der Waals surface area contributed by atoms with E-state index < -0.39 is 42.8 Å². The summed E-state index contributed by atoms with van der Waals surface area (Å²) in [4.78, 5) is 10.4. The predicted octanol–water partition coefficient (Wildman–Crippen LogP) is 1.07. The predicted molar refractivity (Wildman–Crippen MR) is 86.1 cm³/mol. The maximum absolute atomic E-state index is 14.0. The number of rotatable bonds is 8. The van der Waals surface area contributed by atoms with Gasteiger partial charge in [0.15, 0.2) is 0 Å². The van der Waals surface area contributed by atoms with Crippen molar-refractivity contribution >= 4 is 31.7 Å². The van der Waals surface area contributed by atoms with Crippen molar-refractivity contribution in [3.05, 3.63) is 24.0 Å². The van der Waals surface area contributed by atoms with Crippen molar-refractivity contribution in [2.45, 2.75) is 31.2 Å². The van der Waals surface area contributed by atoms with Crippen LogP contribution in [-0.2, 0) is 24.8 Å². The molecule has 0 radical (unpaired) electrons. The summed E-state index contributed by atoms with van der Waals surface area (Å²) >= 11 is 0. The van der Waals surface area contributed by atoms with Crippen LogP contribution >= 0.6 is 0 Å². The molecule has 0 aromatic heterocycles. The number of benzene rings is 1. The van der Waals surface area contributed by atoms with Crippen molar-refractivity contribution in [2.75, 3.05) is 17.5 Å². The summed E-state index contributed by atoms with van der Waals surface area (Å²) in [6.07, 6.45) is 0.335. The molecule has 11 heteroatoms. The third kappa shape index (κ3) is 4.65. The first kappa shape index (κ1) is 20.3. The van der Waals surface area contributed by atoms with Crippen molar-refractivity contribution in [1.29, 1.82) is 0 Å². The average Bonchev–Trinajstić information content (AvgIpc) is 2.47. The molecule has 0 fully saturated rings. The highest BCUT2D eigenvalue weighted by Gasteiger charge is 2.30. The van der Waals surface area contributed by atoms with Gasteiger partial charge in [-0.15, -0.1) is 0 Å². The lowest BCUT2D eigenvalue weighted by Crippen LogP contribution is -2.40. The van der Waals surface area contributed by atoms with Crippen LogP contribution in [0.3, 0.4) is 0 Å². The van der Waals surface area contributed by atoms with Gasteiger partial charge in [0.05, 0.1) is 16.3 Å². The Bertz CT molecular complexity index is 823. The van der Waals surface area contributed by atoms with E-state index in [1.807, 2.05) is 4.72 Å². The van der Waals surface area contributed by atoms with Gasteiger partial charge in [0, 0.05) is 7.05 Å². The highest BCUT2D eigenvalue weighted by atomic mass is 32.2. The van der Waals surface area contributed by atoms with Gasteiger partial charge >= 0.3 is 5.97 Å². The second kappa shape index (κ2) is 7.45. The number of carboxylic acids is 1. The molecule has 1 atom stereocenters. The monoisotopic (exact) mass is 382 g/mol. The molecule has 24 heavy (non-hydrogen) atoms. The van der Waals surface area contributed by atoms with Crippen molar-refractivity contribution in [3.8, 4) is 0 Å². The molecule has 2 N–H and O–H groups in total. The fourth-order valence-electron chi connectivity index (χ4n) is 1.76. The first-order valence-electron chi connectivity index (χ1n) is 6.93. The van der Waals surface area contributed by atoms with Gasteiger partial charge in [-0.05, 0) is 31.5 Å². The Morgan fingerprint density at radius 1 is 1.33 bits per heavy atom. The van der Waals surface area contributed by atoms with Crippen LogP contribution in [0.1, 0.15) is 20.3 Å². The van der Waals surface area contributed by atoms with E-state index in [9.17, 15) is 26.0 Å². The summed E-state index contributed by atoms with van der Waals surface area (Å²) in [6.45, 7) is 2.81. The number of carbonyl (C=O) groups is 1. The standard InChI is InChI=1S/C13H19FN2O6S2/c1-4-7-23(19,20)15-12-6-5-10(8-11(12)14)24(21,22)16(3)9(2)13(17)18/h5-6,8-9,15H,4,7H2,1-3H3,(H,17,18). The Kier molecular flexibility index (Phi) is 6.31. The first-order valence-corrected chi connectivity index (χ1v) is 10.0. The van der Waals surface area contributed by atoms with E-state index in [0.717, 1.165) is 19.2 Å². The molecule has 0 aliphatic rings. The van der Waals surface area contributed by atoms with Crippen molar-refractivity contribution in [2.24, 2.45) is 0 Å². The van der Waals surface area contributed by atoms with Crippen molar-refractivity contribution in [1.82, 2.24) is 4.31 Å². The van der Waals surface area contributed by atoms with Gasteiger partial charge in [-0.25, -0.2) is 21.2 Å². The van der Waals surface area contributed by atoms with E-state index >= 15 is 0 Å². The zero-order chi connectivity index (χ0) is 18.7. The Labute approximate surface area is 140 Å². The van der Waals surface area contributed by atoms with E-state index in [1.54, 1.807) is 6.92 Å². The van der Waals surface area contributed by atoms with Crippen LogP contribution in [0.2, 0.25) is 0 Å². The second-order valence-electron chi connectivity index (χ2n) is 5.10. The molecule has 0 aliphatic heterocycles. The minimum absolute atomic E-state index is 0.203. The van der Waals surface area contributed by atoms with Crippen LogP contribution < -0.4 is 4.72 Å². The van der Waals surface area contributed by atoms with E-state index in [4.69, 9.17) is 5.11 Å². The van der Waals surface area contributed by atoms with Crippen LogP contribution in [0, 0.1) is 5.82 Å². The minimum atomic E-state index is -4.24. The molecule has 0 saturated carbocycles. The molecule has 0 heterocycles. The van der Waals surface area contributed by atoms with Gasteiger partial charge in [-0.1, -0.05) is 6.92 Å². The van der Waals surface area contributed by atoms with Crippen LogP contribution in [0.15, 0.2) is 23.1 Å². The molecule has 0 aliphatic carbocycles. The number of nitrogens with zero attached hydrogens (tertiary/aromatic N) is 1. The minimum Gasteiger partial charge on any atom is -0.480 e. The van der Waals surface area contributed by atoms with E-state index in [1.165, 1.54) is 6.92 Å². The number of hydrogen-bond acceptors (Lipinski definition) is 5. The molecule has 0 saturated heterocycles. The molecule has 1 aromatic carbocycles. The van der Waals surface area contributed by atoms with Gasteiger partial charge in [0.2, 0.25) is 20.0 Å².